The van der Waals surface area contributed by atoms with Crippen molar-refractivity contribution >= 4 is 26.7 Å². The second-order valence-corrected chi connectivity index (χ2v) is 5.96. The van der Waals surface area contributed by atoms with E-state index in [1.54, 1.807) is 0 Å². The Bertz CT molecular complexity index is 499. The molecule has 17 heavy (non-hydrogen) atoms. The molecule has 2 nitrogen and oxygen atoms in total. The summed E-state index contributed by atoms with van der Waals surface area (Å²) in [6.45, 7) is 6.69. The van der Waals surface area contributed by atoms with Gasteiger partial charge in [0.2, 0.25) is 0 Å². The molecule has 0 saturated carbocycles. The Balaban J connectivity index is 2.00. The van der Waals surface area contributed by atoms with Crippen molar-refractivity contribution in [2.45, 2.75) is 33.1 Å². The third kappa shape index (κ3) is 2.04. The van der Waals surface area contributed by atoms with Crippen LogP contribution in [0.25, 0.3) is 10.2 Å². The molecule has 1 aliphatic heterocycles. The normalized spacial score (nSPS) is 16.7. The molecule has 1 fully saturated rings. The van der Waals surface area contributed by atoms with Crippen molar-refractivity contribution in [2.75, 3.05) is 18.0 Å². The van der Waals surface area contributed by atoms with E-state index in [2.05, 4.69) is 30.9 Å². The summed E-state index contributed by atoms with van der Waals surface area (Å²) < 4.78 is 1.33. The molecule has 0 N–H and O–H groups in total. The number of thiazole rings is 1. The number of nitrogens with zero attached hydrogens (tertiary/aromatic N) is 2. The second kappa shape index (κ2) is 4.30. The van der Waals surface area contributed by atoms with Gasteiger partial charge in [0.15, 0.2) is 5.13 Å². The fraction of sp³-hybridized carbons (Fsp3) is 0.500. The molecular weight excluding hydrogens is 228 g/mol. The summed E-state index contributed by atoms with van der Waals surface area (Å²) in [7, 11) is 0. The molecule has 0 radical (unpaired) electrons. The van der Waals surface area contributed by atoms with Gasteiger partial charge < -0.3 is 4.90 Å². The first-order chi connectivity index (χ1) is 8.24. The molecule has 90 valence electrons. The molecule has 0 amide bonds. The number of hydrogen-bond acceptors (Lipinski definition) is 3. The predicted molar refractivity (Wildman–Crippen MR) is 75.2 cm³/mol. The van der Waals surface area contributed by atoms with Crippen LogP contribution in [0.4, 0.5) is 5.13 Å². The highest BCUT2D eigenvalue weighted by Crippen LogP contribution is 2.31. The second-order valence-electron chi connectivity index (χ2n) is 4.95. The molecule has 2 heterocycles. The average Bonchev–Trinajstić information content (AvgIpc) is 2.74. The molecule has 1 aliphatic rings. The van der Waals surface area contributed by atoms with Crippen molar-refractivity contribution in [2.24, 2.45) is 0 Å². The zero-order valence-corrected chi connectivity index (χ0v) is 11.3. The molecule has 0 atom stereocenters. The molecule has 0 unspecified atom stereocenters. The highest BCUT2D eigenvalue weighted by atomic mass is 32.1. The summed E-state index contributed by atoms with van der Waals surface area (Å²) in [5.41, 5.74) is 3.87. The summed E-state index contributed by atoms with van der Waals surface area (Å²) in [4.78, 5) is 7.23. The number of aryl methyl sites for hydroxylation is 2. The van der Waals surface area contributed by atoms with Crippen LogP contribution in [-0.2, 0) is 0 Å². The van der Waals surface area contributed by atoms with Gasteiger partial charge in [-0.05, 0) is 56.4 Å². The topological polar surface area (TPSA) is 16.1 Å². The Morgan fingerprint density at radius 2 is 1.76 bits per heavy atom. The number of anilines is 1. The maximum Gasteiger partial charge on any atom is 0.186 e. The molecule has 0 spiro atoms. The van der Waals surface area contributed by atoms with Crippen molar-refractivity contribution in [3.63, 3.8) is 0 Å². The van der Waals surface area contributed by atoms with Crippen LogP contribution in [0, 0.1) is 13.8 Å². The fourth-order valence-electron chi connectivity index (χ4n) is 2.39. The Hall–Kier alpha value is -1.09. The minimum atomic E-state index is 1.17. The number of hydrogen-bond donors (Lipinski definition) is 0. The molecule has 2 aromatic rings. The lowest BCUT2D eigenvalue weighted by Gasteiger charge is -2.25. The number of rotatable bonds is 1. The third-order valence-corrected chi connectivity index (χ3v) is 4.70. The first kappa shape index (κ1) is 11.0. The van der Waals surface area contributed by atoms with E-state index >= 15 is 0 Å². The van der Waals surface area contributed by atoms with Gasteiger partial charge in [0.1, 0.15) is 0 Å². The first-order valence-electron chi connectivity index (χ1n) is 6.37. The predicted octanol–water partition coefficient (Wildman–Crippen LogP) is 3.90. The molecule has 0 aliphatic carbocycles. The Morgan fingerprint density at radius 1 is 1.06 bits per heavy atom. The maximum atomic E-state index is 4.78. The van der Waals surface area contributed by atoms with Crippen LogP contribution in [0.2, 0.25) is 0 Å². The van der Waals surface area contributed by atoms with Gasteiger partial charge >= 0.3 is 0 Å². The van der Waals surface area contributed by atoms with E-state index in [1.165, 1.54) is 58.8 Å². The van der Waals surface area contributed by atoms with Crippen molar-refractivity contribution in [3.05, 3.63) is 23.3 Å². The quantitative estimate of drug-likeness (QED) is 0.758. The largest absolute Gasteiger partial charge is 0.348 e. The molecule has 1 aromatic heterocycles. The first-order valence-corrected chi connectivity index (χ1v) is 7.18. The molecule has 3 heteroatoms. The van der Waals surface area contributed by atoms with Gasteiger partial charge in [0.25, 0.3) is 0 Å². The minimum Gasteiger partial charge on any atom is -0.348 e. The molecule has 1 saturated heterocycles. The van der Waals surface area contributed by atoms with Crippen LogP contribution in [0.5, 0.6) is 0 Å². The zero-order valence-electron chi connectivity index (χ0n) is 10.5. The lowest BCUT2D eigenvalue weighted by Crippen LogP contribution is -2.29. The van der Waals surface area contributed by atoms with Gasteiger partial charge in [-0.1, -0.05) is 11.3 Å². The monoisotopic (exact) mass is 246 g/mol. The smallest absolute Gasteiger partial charge is 0.186 e. The lowest BCUT2D eigenvalue weighted by atomic mass is 10.1. The number of aromatic nitrogens is 1. The van der Waals surface area contributed by atoms with Crippen LogP contribution in [0.1, 0.15) is 30.4 Å². The Morgan fingerprint density at radius 3 is 2.53 bits per heavy atom. The molecule has 1 aromatic carbocycles. The number of piperidine rings is 1. The van der Waals surface area contributed by atoms with Crippen molar-refractivity contribution < 1.29 is 0 Å². The number of fused-ring (bicyclic) bond motifs is 1. The van der Waals surface area contributed by atoms with E-state index < -0.39 is 0 Å². The van der Waals surface area contributed by atoms with E-state index in [0.29, 0.717) is 0 Å². The van der Waals surface area contributed by atoms with E-state index in [0.717, 1.165) is 0 Å². The Kier molecular flexibility index (Phi) is 2.79. The van der Waals surface area contributed by atoms with Gasteiger partial charge in [-0.25, -0.2) is 4.98 Å². The third-order valence-electron chi connectivity index (χ3n) is 3.62. The highest BCUT2D eigenvalue weighted by molar-refractivity contribution is 7.22. The van der Waals surface area contributed by atoms with Gasteiger partial charge in [-0.3, -0.25) is 0 Å². The van der Waals surface area contributed by atoms with Crippen molar-refractivity contribution in [1.82, 2.24) is 4.98 Å². The van der Waals surface area contributed by atoms with E-state index in [9.17, 15) is 0 Å². The van der Waals surface area contributed by atoms with Crippen LogP contribution in [0.3, 0.4) is 0 Å². The SMILES string of the molecule is Cc1cc2nc(N3CCCCC3)sc2cc1C. The van der Waals surface area contributed by atoms with Gasteiger partial charge in [-0.15, -0.1) is 0 Å². The van der Waals surface area contributed by atoms with Gasteiger partial charge in [0, 0.05) is 13.1 Å². The van der Waals surface area contributed by atoms with Gasteiger partial charge in [-0.2, -0.15) is 0 Å². The lowest BCUT2D eigenvalue weighted by molar-refractivity contribution is 0.577. The van der Waals surface area contributed by atoms with Gasteiger partial charge in [0.05, 0.1) is 10.2 Å². The van der Waals surface area contributed by atoms with Crippen LogP contribution in [-0.4, -0.2) is 18.1 Å². The summed E-state index contributed by atoms with van der Waals surface area (Å²) in [6.07, 6.45) is 4.00. The molecular formula is C14H18N2S. The van der Waals surface area contributed by atoms with Crippen molar-refractivity contribution in [1.29, 1.82) is 0 Å². The molecule has 3 rings (SSSR count). The van der Waals surface area contributed by atoms with Crippen molar-refractivity contribution in [3.8, 4) is 0 Å². The average molecular weight is 246 g/mol. The standard InChI is InChI=1S/C14H18N2S/c1-10-8-12-13(9-11(10)2)17-14(15-12)16-6-4-3-5-7-16/h8-9H,3-7H2,1-2H3. The van der Waals surface area contributed by atoms with E-state index in [-0.39, 0.29) is 0 Å². The number of benzene rings is 1. The summed E-state index contributed by atoms with van der Waals surface area (Å²) in [6, 6.07) is 4.49. The zero-order chi connectivity index (χ0) is 11.8. The summed E-state index contributed by atoms with van der Waals surface area (Å²) in [5, 5.41) is 1.21. The summed E-state index contributed by atoms with van der Waals surface area (Å²) >= 11 is 1.84. The van der Waals surface area contributed by atoms with Crippen LogP contribution < -0.4 is 4.90 Å². The minimum absolute atomic E-state index is 1.17. The van der Waals surface area contributed by atoms with Crippen LogP contribution in [0.15, 0.2) is 12.1 Å². The summed E-state index contributed by atoms with van der Waals surface area (Å²) in [5.74, 6) is 0. The highest BCUT2D eigenvalue weighted by Gasteiger charge is 2.15. The van der Waals surface area contributed by atoms with Crippen LogP contribution >= 0.6 is 11.3 Å². The Labute approximate surface area is 106 Å². The molecule has 0 bridgehead atoms. The van der Waals surface area contributed by atoms with E-state index in [1.807, 2.05) is 11.3 Å². The van der Waals surface area contributed by atoms with E-state index in [4.69, 9.17) is 4.98 Å². The fourth-order valence-corrected chi connectivity index (χ4v) is 3.49. The maximum absolute atomic E-state index is 4.78.